The predicted molar refractivity (Wildman–Crippen MR) is 101 cm³/mol. The Bertz CT molecular complexity index is 917. The molecule has 0 aliphatic rings. The lowest BCUT2D eigenvalue weighted by Crippen LogP contribution is -2.30. The molecule has 0 saturated carbocycles. The van der Waals surface area contributed by atoms with Gasteiger partial charge in [-0.15, -0.1) is 0 Å². The Morgan fingerprint density at radius 2 is 1.75 bits per heavy atom. The summed E-state index contributed by atoms with van der Waals surface area (Å²) in [4.78, 5) is 35.2. The van der Waals surface area contributed by atoms with Gasteiger partial charge in [-0.05, 0) is 19.1 Å². The van der Waals surface area contributed by atoms with E-state index in [1.54, 1.807) is 24.3 Å². The maximum atomic E-state index is 12.4. The topological polar surface area (TPSA) is 117 Å². The van der Waals surface area contributed by atoms with E-state index < -0.39 is 28.6 Å². The average Bonchev–Trinajstić information content (AvgIpc) is 2.68. The van der Waals surface area contributed by atoms with E-state index in [4.69, 9.17) is 25.8 Å². The normalized spacial score (nSPS) is 11.3. The van der Waals surface area contributed by atoms with E-state index >= 15 is 0 Å². The van der Waals surface area contributed by atoms with Crippen molar-refractivity contribution in [3.63, 3.8) is 0 Å². The molecule has 0 aromatic heterocycles. The van der Waals surface area contributed by atoms with E-state index in [1.165, 1.54) is 21.1 Å². The number of ether oxygens (including phenoxy) is 3. The molecular weight excluding hydrogens is 392 g/mol. The van der Waals surface area contributed by atoms with Crippen molar-refractivity contribution in [3.05, 3.63) is 57.1 Å². The molecule has 2 rings (SSSR count). The molecule has 2 aromatic carbocycles. The fourth-order valence-electron chi connectivity index (χ4n) is 2.26. The Labute approximate surface area is 165 Å². The average molecular weight is 409 g/mol. The minimum absolute atomic E-state index is 0.0789. The molecule has 0 spiro atoms. The summed E-state index contributed by atoms with van der Waals surface area (Å²) < 4.78 is 15.1. The number of rotatable bonds is 7. The van der Waals surface area contributed by atoms with Crippen molar-refractivity contribution in [1.29, 1.82) is 0 Å². The summed E-state index contributed by atoms with van der Waals surface area (Å²) >= 11 is 5.97. The first-order valence-corrected chi connectivity index (χ1v) is 8.33. The Kier molecular flexibility index (Phi) is 6.78. The molecule has 0 saturated heterocycles. The number of benzene rings is 2. The maximum absolute atomic E-state index is 12.4. The molecule has 28 heavy (non-hydrogen) atoms. The first-order chi connectivity index (χ1) is 13.3. The van der Waals surface area contributed by atoms with E-state index in [0.717, 1.165) is 12.1 Å². The summed E-state index contributed by atoms with van der Waals surface area (Å²) in [7, 11) is 2.62. The number of nitro groups is 1. The van der Waals surface area contributed by atoms with Gasteiger partial charge < -0.3 is 19.5 Å². The van der Waals surface area contributed by atoms with Crippen molar-refractivity contribution in [1.82, 2.24) is 0 Å². The highest BCUT2D eigenvalue weighted by atomic mass is 35.5. The Hall–Kier alpha value is -3.33. The molecule has 1 N–H and O–H groups in total. The van der Waals surface area contributed by atoms with Gasteiger partial charge in [-0.25, -0.2) is 4.79 Å². The molecule has 0 fully saturated rings. The molecule has 0 unspecified atom stereocenters. The molecule has 148 valence electrons. The fraction of sp³-hybridized carbons (Fsp3) is 0.222. The number of anilines is 1. The summed E-state index contributed by atoms with van der Waals surface area (Å²) in [6, 6.07) is 8.69. The number of nitrogens with one attached hydrogen (secondary N) is 1. The van der Waals surface area contributed by atoms with Gasteiger partial charge in [0, 0.05) is 6.07 Å². The van der Waals surface area contributed by atoms with Crippen LogP contribution in [0, 0.1) is 10.1 Å². The SMILES string of the molecule is COc1cc(C(=O)O[C@@H](C)C(=O)Nc2ccccc2Cl)c([N+](=O)[O-])cc1OC. The molecule has 10 heteroatoms. The fourth-order valence-corrected chi connectivity index (χ4v) is 2.44. The molecule has 9 nitrogen and oxygen atoms in total. The van der Waals surface area contributed by atoms with Crippen molar-refractivity contribution >= 4 is 34.9 Å². The second-order valence-electron chi connectivity index (χ2n) is 5.50. The number of hydrogen-bond donors (Lipinski definition) is 1. The molecule has 0 bridgehead atoms. The van der Waals surface area contributed by atoms with E-state index in [9.17, 15) is 19.7 Å². The van der Waals surface area contributed by atoms with Crippen LogP contribution >= 0.6 is 11.6 Å². The van der Waals surface area contributed by atoms with Crippen molar-refractivity contribution < 1.29 is 28.7 Å². The van der Waals surface area contributed by atoms with Crippen molar-refractivity contribution in [3.8, 4) is 11.5 Å². The smallest absolute Gasteiger partial charge is 0.346 e. The van der Waals surface area contributed by atoms with Crippen molar-refractivity contribution in [2.24, 2.45) is 0 Å². The second kappa shape index (κ2) is 9.05. The van der Waals surface area contributed by atoms with Gasteiger partial charge in [0.15, 0.2) is 17.6 Å². The number of nitrogens with zero attached hydrogens (tertiary/aromatic N) is 1. The van der Waals surface area contributed by atoms with Gasteiger partial charge in [0.25, 0.3) is 11.6 Å². The summed E-state index contributed by atoms with van der Waals surface area (Å²) in [6.07, 6.45) is -1.24. The minimum atomic E-state index is -1.24. The van der Waals surface area contributed by atoms with Gasteiger partial charge in [-0.2, -0.15) is 0 Å². The number of para-hydroxylation sites is 1. The van der Waals surface area contributed by atoms with Crippen LogP contribution in [-0.4, -0.2) is 37.1 Å². The Morgan fingerprint density at radius 1 is 1.14 bits per heavy atom. The number of carbonyl (C=O) groups is 2. The quantitative estimate of drug-likeness (QED) is 0.423. The van der Waals surface area contributed by atoms with Crippen LogP contribution in [0.3, 0.4) is 0 Å². The first kappa shape index (κ1) is 21.0. The van der Waals surface area contributed by atoms with E-state index in [-0.39, 0.29) is 17.1 Å². The van der Waals surface area contributed by atoms with Crippen LogP contribution in [-0.2, 0) is 9.53 Å². The predicted octanol–water partition coefficient (Wildman–Crippen LogP) is 3.45. The number of nitro benzene ring substituents is 1. The number of halogens is 1. The minimum Gasteiger partial charge on any atom is -0.493 e. The van der Waals surface area contributed by atoms with Gasteiger partial charge in [0.05, 0.1) is 35.9 Å². The summed E-state index contributed by atoms with van der Waals surface area (Å²) in [5.74, 6) is -1.53. The zero-order valence-corrected chi connectivity index (χ0v) is 16.0. The Morgan fingerprint density at radius 3 is 2.32 bits per heavy atom. The molecule has 1 amide bonds. The zero-order valence-electron chi connectivity index (χ0n) is 15.2. The van der Waals surface area contributed by atoms with Crippen LogP contribution in [0.1, 0.15) is 17.3 Å². The Balaban J connectivity index is 2.22. The molecule has 0 heterocycles. The number of esters is 1. The van der Waals surface area contributed by atoms with Crippen LogP contribution < -0.4 is 14.8 Å². The molecule has 2 aromatic rings. The van der Waals surface area contributed by atoms with Gasteiger partial charge in [-0.1, -0.05) is 23.7 Å². The third-order valence-electron chi connectivity index (χ3n) is 3.70. The lowest BCUT2D eigenvalue weighted by molar-refractivity contribution is -0.385. The van der Waals surface area contributed by atoms with Gasteiger partial charge >= 0.3 is 5.97 Å². The zero-order chi connectivity index (χ0) is 20.8. The highest BCUT2D eigenvalue weighted by Gasteiger charge is 2.28. The third-order valence-corrected chi connectivity index (χ3v) is 4.03. The van der Waals surface area contributed by atoms with Gasteiger partial charge in [0.2, 0.25) is 0 Å². The molecular formula is C18H17ClN2O7. The van der Waals surface area contributed by atoms with Crippen molar-refractivity contribution in [2.45, 2.75) is 13.0 Å². The van der Waals surface area contributed by atoms with Crippen molar-refractivity contribution in [2.75, 3.05) is 19.5 Å². The second-order valence-corrected chi connectivity index (χ2v) is 5.91. The lowest BCUT2D eigenvalue weighted by Gasteiger charge is -2.15. The van der Waals surface area contributed by atoms with Crippen LogP contribution in [0.5, 0.6) is 11.5 Å². The van der Waals surface area contributed by atoms with E-state index in [0.29, 0.717) is 10.7 Å². The maximum Gasteiger partial charge on any atom is 0.346 e. The van der Waals surface area contributed by atoms with Gasteiger partial charge in [0.1, 0.15) is 5.56 Å². The standard InChI is InChI=1S/C18H17ClN2O7/c1-10(17(22)20-13-7-5-4-6-12(13)19)28-18(23)11-8-15(26-2)16(27-3)9-14(11)21(24)25/h4-10H,1-3H3,(H,20,22)/t10-/m0/s1. The summed E-state index contributed by atoms with van der Waals surface area (Å²) in [6.45, 7) is 1.33. The number of amides is 1. The van der Waals surface area contributed by atoms with E-state index in [2.05, 4.69) is 5.32 Å². The van der Waals surface area contributed by atoms with Crippen LogP contribution in [0.25, 0.3) is 0 Å². The highest BCUT2D eigenvalue weighted by molar-refractivity contribution is 6.33. The molecule has 1 atom stereocenters. The number of carbonyl (C=O) groups excluding carboxylic acids is 2. The van der Waals surface area contributed by atoms with Crippen LogP contribution in [0.2, 0.25) is 5.02 Å². The molecule has 0 radical (unpaired) electrons. The first-order valence-electron chi connectivity index (χ1n) is 7.95. The summed E-state index contributed by atoms with van der Waals surface area (Å²) in [5, 5.41) is 14.1. The molecule has 0 aliphatic heterocycles. The largest absolute Gasteiger partial charge is 0.493 e. The van der Waals surface area contributed by atoms with Crippen LogP contribution in [0.4, 0.5) is 11.4 Å². The number of methoxy groups -OCH3 is 2. The monoisotopic (exact) mass is 408 g/mol. The number of hydrogen-bond acceptors (Lipinski definition) is 7. The summed E-state index contributed by atoms with van der Waals surface area (Å²) in [5.41, 5.74) is -0.574. The van der Waals surface area contributed by atoms with E-state index in [1.807, 2.05) is 0 Å². The van der Waals surface area contributed by atoms with Gasteiger partial charge in [-0.3, -0.25) is 14.9 Å². The lowest BCUT2D eigenvalue weighted by atomic mass is 10.1. The third kappa shape index (κ3) is 4.68. The highest BCUT2D eigenvalue weighted by Crippen LogP contribution is 2.35. The van der Waals surface area contributed by atoms with Crippen LogP contribution in [0.15, 0.2) is 36.4 Å². The molecule has 0 aliphatic carbocycles.